The van der Waals surface area contributed by atoms with E-state index < -0.39 is 12.1 Å². The molecular formula is C21H22N2O4. The summed E-state index contributed by atoms with van der Waals surface area (Å²) in [6.45, 7) is 2.01. The number of hydrogen-bond acceptors (Lipinski definition) is 4. The zero-order valence-corrected chi connectivity index (χ0v) is 15.4. The molecule has 2 aromatic carbocycles. The van der Waals surface area contributed by atoms with Crippen LogP contribution in [0.2, 0.25) is 0 Å². The summed E-state index contributed by atoms with van der Waals surface area (Å²) < 4.78 is 5.35. The summed E-state index contributed by atoms with van der Waals surface area (Å²) in [6.07, 6.45) is 0.0864. The Labute approximate surface area is 158 Å². The molecule has 1 atom stereocenters. The molecule has 0 bridgehead atoms. The van der Waals surface area contributed by atoms with Crippen molar-refractivity contribution in [1.82, 2.24) is 4.90 Å². The number of carbonyl (C=O) groups is 3. The van der Waals surface area contributed by atoms with Gasteiger partial charge in [0.25, 0.3) is 5.91 Å². The Bertz CT molecular complexity index is 864. The Balaban J connectivity index is 1.61. The lowest BCUT2D eigenvalue weighted by Gasteiger charge is -2.22. The molecule has 2 amide bonds. The molecule has 0 radical (unpaired) electrons. The summed E-state index contributed by atoms with van der Waals surface area (Å²) in [5.74, 6) is -0.848. The third-order valence-electron chi connectivity index (χ3n) is 4.51. The number of nitrogens with zero attached hydrogens (tertiary/aromatic N) is 1. The highest BCUT2D eigenvalue weighted by molar-refractivity contribution is 5.96. The second-order valence-corrected chi connectivity index (χ2v) is 6.65. The molecule has 1 aliphatic heterocycles. The summed E-state index contributed by atoms with van der Waals surface area (Å²) in [5, 5.41) is 2.77. The number of amides is 2. The monoisotopic (exact) mass is 366 g/mol. The van der Waals surface area contributed by atoms with E-state index in [9.17, 15) is 14.4 Å². The van der Waals surface area contributed by atoms with Gasteiger partial charge in [-0.3, -0.25) is 9.59 Å². The Hall–Kier alpha value is -3.15. The molecule has 0 fully saturated rings. The quantitative estimate of drug-likeness (QED) is 0.826. The Morgan fingerprint density at radius 1 is 1.15 bits per heavy atom. The zero-order valence-electron chi connectivity index (χ0n) is 15.4. The van der Waals surface area contributed by atoms with Gasteiger partial charge in [0.1, 0.15) is 0 Å². The molecule has 2 aromatic rings. The van der Waals surface area contributed by atoms with E-state index in [1.807, 2.05) is 30.3 Å². The number of aryl methyl sites for hydroxylation is 1. The molecule has 0 saturated carbocycles. The largest absolute Gasteiger partial charge is 0.449 e. The normalized spacial score (nSPS) is 13.9. The van der Waals surface area contributed by atoms with Crippen molar-refractivity contribution < 1.29 is 19.1 Å². The summed E-state index contributed by atoms with van der Waals surface area (Å²) in [4.78, 5) is 37.8. The summed E-state index contributed by atoms with van der Waals surface area (Å²) in [6, 6.07) is 14.6. The van der Waals surface area contributed by atoms with Gasteiger partial charge in [-0.15, -0.1) is 0 Å². The van der Waals surface area contributed by atoms with Crippen LogP contribution in [0.5, 0.6) is 0 Å². The summed E-state index contributed by atoms with van der Waals surface area (Å²) in [5.41, 5.74) is 2.98. The number of hydrogen-bond donors (Lipinski definition) is 1. The minimum absolute atomic E-state index is 0.0292. The van der Waals surface area contributed by atoms with E-state index in [1.54, 1.807) is 32.2 Å². The van der Waals surface area contributed by atoms with E-state index in [0.29, 0.717) is 24.9 Å². The molecule has 27 heavy (non-hydrogen) atoms. The number of esters is 1. The molecule has 0 aliphatic carbocycles. The van der Waals surface area contributed by atoms with E-state index in [-0.39, 0.29) is 11.8 Å². The van der Waals surface area contributed by atoms with E-state index in [1.165, 1.54) is 4.90 Å². The highest BCUT2D eigenvalue weighted by Crippen LogP contribution is 2.24. The van der Waals surface area contributed by atoms with Crippen LogP contribution in [0.4, 0.5) is 5.69 Å². The minimum atomic E-state index is -0.887. The lowest BCUT2D eigenvalue weighted by atomic mass is 10.0. The third kappa shape index (κ3) is 4.53. The molecule has 3 rings (SSSR count). The van der Waals surface area contributed by atoms with Crippen LogP contribution >= 0.6 is 0 Å². The van der Waals surface area contributed by atoms with Crippen molar-refractivity contribution >= 4 is 23.5 Å². The van der Waals surface area contributed by atoms with Gasteiger partial charge >= 0.3 is 5.97 Å². The van der Waals surface area contributed by atoms with Crippen molar-refractivity contribution in [1.29, 1.82) is 0 Å². The van der Waals surface area contributed by atoms with Gasteiger partial charge in [-0.1, -0.05) is 30.3 Å². The van der Waals surface area contributed by atoms with Gasteiger partial charge in [0.05, 0.1) is 5.56 Å². The fraction of sp³-hybridized carbons (Fsp3) is 0.286. The van der Waals surface area contributed by atoms with Gasteiger partial charge < -0.3 is 15.0 Å². The van der Waals surface area contributed by atoms with Crippen LogP contribution < -0.4 is 5.32 Å². The second-order valence-electron chi connectivity index (χ2n) is 6.65. The standard InChI is InChI=1S/C21H22N2O4/c1-14(20(25)23(2)13-15-6-4-3-5-7-15)27-21(26)17-8-10-18-16(12-17)9-11-19(24)22-18/h3-8,10,12,14H,9,11,13H2,1-2H3,(H,22,24). The minimum Gasteiger partial charge on any atom is -0.449 e. The van der Waals surface area contributed by atoms with Crippen LogP contribution in [0.1, 0.15) is 34.8 Å². The first kappa shape index (κ1) is 18.6. The molecule has 0 aromatic heterocycles. The van der Waals surface area contributed by atoms with Crippen LogP contribution in [0.25, 0.3) is 0 Å². The predicted molar refractivity (Wildman–Crippen MR) is 101 cm³/mol. The Morgan fingerprint density at radius 3 is 2.63 bits per heavy atom. The number of nitrogens with one attached hydrogen (secondary N) is 1. The molecule has 0 saturated heterocycles. The van der Waals surface area contributed by atoms with Crippen LogP contribution in [0.3, 0.4) is 0 Å². The SMILES string of the molecule is CC(OC(=O)c1ccc2c(c1)CCC(=O)N2)C(=O)N(C)Cc1ccccc1. The molecule has 1 unspecified atom stereocenters. The molecular weight excluding hydrogens is 344 g/mol. The van der Waals surface area contributed by atoms with Gasteiger partial charge in [0.15, 0.2) is 6.10 Å². The van der Waals surface area contributed by atoms with Crippen LogP contribution in [-0.4, -0.2) is 35.8 Å². The van der Waals surface area contributed by atoms with E-state index in [4.69, 9.17) is 4.74 Å². The first-order valence-corrected chi connectivity index (χ1v) is 8.86. The lowest BCUT2D eigenvalue weighted by molar-refractivity contribution is -0.139. The van der Waals surface area contributed by atoms with Crippen molar-refractivity contribution in [2.75, 3.05) is 12.4 Å². The van der Waals surface area contributed by atoms with E-state index >= 15 is 0 Å². The topological polar surface area (TPSA) is 75.7 Å². The van der Waals surface area contributed by atoms with Gasteiger partial charge in [-0.2, -0.15) is 0 Å². The molecule has 1 N–H and O–H groups in total. The fourth-order valence-corrected chi connectivity index (χ4v) is 3.03. The molecule has 140 valence electrons. The molecule has 0 spiro atoms. The highest BCUT2D eigenvalue weighted by Gasteiger charge is 2.23. The van der Waals surface area contributed by atoms with Crippen LogP contribution in [0.15, 0.2) is 48.5 Å². The third-order valence-corrected chi connectivity index (χ3v) is 4.51. The maximum absolute atomic E-state index is 12.5. The number of ether oxygens (including phenoxy) is 1. The number of carbonyl (C=O) groups excluding carboxylic acids is 3. The predicted octanol–water partition coefficient (Wildman–Crippen LogP) is 2.78. The van der Waals surface area contributed by atoms with Gasteiger partial charge in [-0.05, 0) is 42.7 Å². The average molecular weight is 366 g/mol. The second kappa shape index (κ2) is 8.03. The van der Waals surface area contributed by atoms with E-state index in [0.717, 1.165) is 16.8 Å². The zero-order chi connectivity index (χ0) is 19.4. The first-order valence-electron chi connectivity index (χ1n) is 8.86. The Kier molecular flexibility index (Phi) is 5.54. The van der Waals surface area contributed by atoms with Gasteiger partial charge in [0, 0.05) is 25.7 Å². The number of rotatable bonds is 5. The van der Waals surface area contributed by atoms with Crippen molar-refractivity contribution in [2.24, 2.45) is 0 Å². The highest BCUT2D eigenvalue weighted by atomic mass is 16.5. The van der Waals surface area contributed by atoms with Crippen molar-refractivity contribution in [3.63, 3.8) is 0 Å². The summed E-state index contributed by atoms with van der Waals surface area (Å²) >= 11 is 0. The molecule has 1 heterocycles. The van der Waals surface area contributed by atoms with Crippen LogP contribution in [-0.2, 0) is 27.3 Å². The van der Waals surface area contributed by atoms with E-state index in [2.05, 4.69) is 5.32 Å². The smallest absolute Gasteiger partial charge is 0.338 e. The number of fused-ring (bicyclic) bond motifs is 1. The number of likely N-dealkylation sites (N-methyl/N-ethyl adjacent to an activating group) is 1. The molecule has 6 nitrogen and oxygen atoms in total. The molecule has 1 aliphatic rings. The van der Waals surface area contributed by atoms with Crippen molar-refractivity contribution in [3.05, 3.63) is 65.2 Å². The fourth-order valence-electron chi connectivity index (χ4n) is 3.03. The van der Waals surface area contributed by atoms with Crippen molar-refractivity contribution in [3.8, 4) is 0 Å². The molecule has 6 heteroatoms. The number of benzene rings is 2. The maximum atomic E-state index is 12.5. The maximum Gasteiger partial charge on any atom is 0.338 e. The van der Waals surface area contributed by atoms with Crippen LogP contribution in [0, 0.1) is 0 Å². The van der Waals surface area contributed by atoms with Gasteiger partial charge in [0.2, 0.25) is 5.91 Å². The number of anilines is 1. The lowest BCUT2D eigenvalue weighted by Crippen LogP contribution is -2.37. The van der Waals surface area contributed by atoms with Gasteiger partial charge in [-0.25, -0.2) is 4.79 Å². The Morgan fingerprint density at radius 2 is 1.89 bits per heavy atom. The average Bonchev–Trinajstić information content (AvgIpc) is 2.67. The summed E-state index contributed by atoms with van der Waals surface area (Å²) in [7, 11) is 1.68. The first-order chi connectivity index (χ1) is 12.9. The van der Waals surface area contributed by atoms with Crippen molar-refractivity contribution in [2.45, 2.75) is 32.4 Å².